The number of aliphatic hydroxyl groups is 2. The van der Waals surface area contributed by atoms with Crippen molar-refractivity contribution in [3.05, 3.63) is 12.3 Å². The van der Waals surface area contributed by atoms with Crippen LogP contribution in [0.3, 0.4) is 0 Å². The van der Waals surface area contributed by atoms with Crippen LogP contribution in [0.15, 0.2) is 12.3 Å². The lowest BCUT2D eigenvalue weighted by Gasteiger charge is -2.31. The van der Waals surface area contributed by atoms with Crippen LogP contribution in [0.1, 0.15) is 13.3 Å². The molecule has 1 unspecified atom stereocenters. The molecule has 15 heavy (non-hydrogen) atoms. The van der Waals surface area contributed by atoms with E-state index in [1.807, 2.05) is 19.2 Å². The molecule has 0 aliphatic rings. The molecule has 0 bridgehead atoms. The minimum absolute atomic E-state index is 0.154. The molecular weight excluding hydrogens is 192 g/mol. The predicted octanol–water partition coefficient (Wildman–Crippen LogP) is -0.0707. The van der Waals surface area contributed by atoms with E-state index in [-0.39, 0.29) is 6.61 Å². The van der Waals surface area contributed by atoms with Crippen molar-refractivity contribution in [3.63, 3.8) is 0 Å². The van der Waals surface area contributed by atoms with Gasteiger partial charge in [-0.05, 0) is 13.1 Å². The third-order valence-corrected chi connectivity index (χ3v) is 2.28. The fraction of sp³-hybridized carbons (Fsp3) is 0.818. The number of hydrogen-bond donors (Lipinski definition) is 3. The molecule has 0 aromatic carbocycles. The Morgan fingerprint density at radius 2 is 2.07 bits per heavy atom. The quantitative estimate of drug-likeness (QED) is 0.394. The van der Waals surface area contributed by atoms with Crippen molar-refractivity contribution >= 4 is 0 Å². The van der Waals surface area contributed by atoms with Crippen LogP contribution in [-0.2, 0) is 0 Å². The first-order valence-electron chi connectivity index (χ1n) is 5.47. The molecule has 4 nitrogen and oxygen atoms in total. The Labute approximate surface area is 92.8 Å². The van der Waals surface area contributed by atoms with Gasteiger partial charge in [0.15, 0.2) is 0 Å². The SMILES string of the molecule is CC=CNCCC[N+](C)(C)CC(O)CO. The fourth-order valence-electron chi connectivity index (χ4n) is 1.53. The highest BCUT2D eigenvalue weighted by atomic mass is 16.3. The summed E-state index contributed by atoms with van der Waals surface area (Å²) in [5.41, 5.74) is 0. The number of quaternary nitrogens is 1. The standard InChI is InChI=1S/C11H25N2O2/c1-4-6-12-7-5-8-13(2,3)9-11(15)10-14/h4,6,11-12,14-15H,5,7-10H2,1-3H3/q+1. The molecule has 0 radical (unpaired) electrons. The average molecular weight is 217 g/mol. The summed E-state index contributed by atoms with van der Waals surface area (Å²) in [6, 6.07) is 0. The Kier molecular flexibility index (Phi) is 7.38. The van der Waals surface area contributed by atoms with E-state index in [1.165, 1.54) is 0 Å². The van der Waals surface area contributed by atoms with Crippen LogP contribution in [0, 0.1) is 0 Å². The molecule has 3 N–H and O–H groups in total. The Hall–Kier alpha value is -0.580. The van der Waals surface area contributed by atoms with Crippen molar-refractivity contribution in [2.45, 2.75) is 19.4 Å². The molecule has 0 aliphatic carbocycles. The summed E-state index contributed by atoms with van der Waals surface area (Å²) >= 11 is 0. The zero-order valence-corrected chi connectivity index (χ0v) is 10.1. The summed E-state index contributed by atoms with van der Waals surface area (Å²) in [5.74, 6) is 0. The highest BCUT2D eigenvalue weighted by molar-refractivity contribution is 4.73. The molecule has 0 aromatic heterocycles. The molecule has 0 spiro atoms. The highest BCUT2D eigenvalue weighted by Gasteiger charge is 2.19. The van der Waals surface area contributed by atoms with Gasteiger partial charge in [0.1, 0.15) is 12.6 Å². The van der Waals surface area contributed by atoms with Crippen molar-refractivity contribution in [3.8, 4) is 0 Å². The molecule has 0 fully saturated rings. The maximum atomic E-state index is 9.34. The second-order valence-electron chi connectivity index (χ2n) is 4.49. The molecule has 0 aliphatic heterocycles. The minimum atomic E-state index is -0.608. The van der Waals surface area contributed by atoms with Crippen LogP contribution in [0.25, 0.3) is 0 Å². The van der Waals surface area contributed by atoms with Crippen LogP contribution in [-0.4, -0.2) is 61.1 Å². The zero-order chi connectivity index (χ0) is 11.7. The minimum Gasteiger partial charge on any atom is -0.393 e. The van der Waals surface area contributed by atoms with E-state index in [4.69, 9.17) is 5.11 Å². The number of nitrogens with zero attached hydrogens (tertiary/aromatic N) is 1. The Morgan fingerprint density at radius 1 is 1.40 bits per heavy atom. The third kappa shape index (κ3) is 8.42. The van der Waals surface area contributed by atoms with Gasteiger partial charge in [0.2, 0.25) is 0 Å². The van der Waals surface area contributed by atoms with Crippen molar-refractivity contribution in [2.75, 3.05) is 40.3 Å². The summed E-state index contributed by atoms with van der Waals surface area (Å²) < 4.78 is 0.735. The normalized spacial score (nSPS) is 14.5. The molecule has 0 aromatic rings. The molecule has 0 saturated carbocycles. The molecule has 1 atom stereocenters. The lowest BCUT2D eigenvalue weighted by atomic mass is 10.3. The smallest absolute Gasteiger partial charge is 0.126 e. The Bertz CT molecular complexity index is 181. The van der Waals surface area contributed by atoms with Gasteiger partial charge in [-0.3, -0.25) is 0 Å². The van der Waals surface area contributed by atoms with E-state index < -0.39 is 6.10 Å². The summed E-state index contributed by atoms with van der Waals surface area (Å²) in [4.78, 5) is 0. The van der Waals surface area contributed by atoms with Gasteiger partial charge in [0.25, 0.3) is 0 Å². The lowest BCUT2D eigenvalue weighted by molar-refractivity contribution is -0.893. The Morgan fingerprint density at radius 3 is 2.60 bits per heavy atom. The van der Waals surface area contributed by atoms with Gasteiger partial charge in [-0.1, -0.05) is 6.08 Å². The molecule has 0 saturated heterocycles. The fourth-order valence-corrected chi connectivity index (χ4v) is 1.53. The van der Waals surface area contributed by atoms with Crippen molar-refractivity contribution < 1.29 is 14.7 Å². The third-order valence-electron chi connectivity index (χ3n) is 2.28. The van der Waals surface area contributed by atoms with Gasteiger partial charge in [-0.25, -0.2) is 0 Å². The first-order valence-corrected chi connectivity index (χ1v) is 5.47. The first-order chi connectivity index (χ1) is 7.02. The summed E-state index contributed by atoms with van der Waals surface area (Å²) in [7, 11) is 4.13. The number of allylic oxidation sites excluding steroid dienone is 1. The van der Waals surface area contributed by atoms with Crippen LogP contribution in [0.2, 0.25) is 0 Å². The van der Waals surface area contributed by atoms with Gasteiger partial charge in [-0.15, -0.1) is 0 Å². The Balaban J connectivity index is 3.64. The number of nitrogens with one attached hydrogen (secondary N) is 1. The summed E-state index contributed by atoms with van der Waals surface area (Å²) in [6.07, 6.45) is 4.34. The highest BCUT2D eigenvalue weighted by Crippen LogP contribution is 2.01. The lowest BCUT2D eigenvalue weighted by Crippen LogP contribution is -2.47. The largest absolute Gasteiger partial charge is 0.393 e. The van der Waals surface area contributed by atoms with Crippen molar-refractivity contribution in [2.24, 2.45) is 0 Å². The average Bonchev–Trinajstić information content (AvgIpc) is 2.16. The maximum absolute atomic E-state index is 9.34. The van der Waals surface area contributed by atoms with Crippen molar-refractivity contribution in [1.82, 2.24) is 5.32 Å². The van der Waals surface area contributed by atoms with E-state index in [2.05, 4.69) is 19.4 Å². The van der Waals surface area contributed by atoms with Crippen LogP contribution < -0.4 is 5.32 Å². The first kappa shape index (κ1) is 14.4. The van der Waals surface area contributed by atoms with Crippen molar-refractivity contribution in [1.29, 1.82) is 0 Å². The topological polar surface area (TPSA) is 52.5 Å². The molecule has 90 valence electrons. The van der Waals surface area contributed by atoms with Crippen LogP contribution in [0.4, 0.5) is 0 Å². The predicted molar refractivity (Wildman–Crippen MR) is 62.4 cm³/mol. The number of hydrogen-bond acceptors (Lipinski definition) is 3. The van der Waals surface area contributed by atoms with E-state index in [1.54, 1.807) is 0 Å². The summed E-state index contributed by atoms with van der Waals surface area (Å²) in [5, 5.41) is 21.3. The van der Waals surface area contributed by atoms with Gasteiger partial charge in [-0.2, -0.15) is 0 Å². The van der Waals surface area contributed by atoms with Gasteiger partial charge < -0.3 is 20.0 Å². The molecule has 0 heterocycles. The van der Waals surface area contributed by atoms with Gasteiger partial charge in [0.05, 0.1) is 27.2 Å². The van der Waals surface area contributed by atoms with Gasteiger partial charge >= 0.3 is 0 Å². The van der Waals surface area contributed by atoms with Gasteiger partial charge in [0, 0.05) is 13.0 Å². The summed E-state index contributed by atoms with van der Waals surface area (Å²) in [6.45, 7) is 4.35. The maximum Gasteiger partial charge on any atom is 0.126 e. The molecular formula is C11H25N2O2+. The zero-order valence-electron chi connectivity index (χ0n) is 10.1. The second kappa shape index (κ2) is 7.68. The molecule has 4 heteroatoms. The van der Waals surface area contributed by atoms with Crippen LogP contribution in [0.5, 0.6) is 0 Å². The van der Waals surface area contributed by atoms with E-state index in [0.717, 1.165) is 24.0 Å². The second-order valence-corrected chi connectivity index (χ2v) is 4.49. The van der Waals surface area contributed by atoms with E-state index >= 15 is 0 Å². The van der Waals surface area contributed by atoms with E-state index in [0.29, 0.717) is 6.54 Å². The molecule has 0 rings (SSSR count). The van der Waals surface area contributed by atoms with E-state index in [9.17, 15) is 5.11 Å². The number of aliphatic hydroxyl groups excluding tert-OH is 2. The number of rotatable bonds is 8. The number of likely N-dealkylation sites (N-methyl/N-ethyl adjacent to an activating group) is 1. The molecule has 0 amide bonds. The van der Waals surface area contributed by atoms with Crippen LogP contribution >= 0.6 is 0 Å². The monoisotopic (exact) mass is 217 g/mol.